The van der Waals surface area contributed by atoms with Crippen LogP contribution in [0.1, 0.15) is 21.9 Å². The Balaban J connectivity index is 1.75. The van der Waals surface area contributed by atoms with Crippen LogP contribution in [0, 0.1) is 0 Å². The Labute approximate surface area is 142 Å². The number of rotatable bonds is 6. The van der Waals surface area contributed by atoms with E-state index in [-0.39, 0.29) is 11.5 Å². The molecule has 3 rings (SSSR count). The van der Waals surface area contributed by atoms with E-state index in [0.29, 0.717) is 24.5 Å². The number of nitrogens with one attached hydrogen (secondary N) is 1. The number of amides is 1. The predicted octanol–water partition coefficient (Wildman–Crippen LogP) is 0.0450. The van der Waals surface area contributed by atoms with Crippen molar-refractivity contribution in [2.45, 2.75) is 6.42 Å². The minimum atomic E-state index is -0.433. The predicted molar refractivity (Wildman–Crippen MR) is 89.5 cm³/mol. The summed E-state index contributed by atoms with van der Waals surface area (Å²) in [5.41, 5.74) is 7.02. The Kier molecular flexibility index (Phi) is 4.69. The van der Waals surface area contributed by atoms with Crippen LogP contribution in [0.25, 0.3) is 11.9 Å². The molecule has 126 valence electrons. The normalized spacial score (nSPS) is 10.4. The molecule has 3 aromatic rings. The number of nitrogens with zero attached hydrogens (tertiary/aromatic N) is 7. The first-order valence-corrected chi connectivity index (χ1v) is 7.38. The summed E-state index contributed by atoms with van der Waals surface area (Å²) in [6.07, 6.45) is 9.82. The number of anilines is 1. The summed E-state index contributed by atoms with van der Waals surface area (Å²) >= 11 is 0. The van der Waals surface area contributed by atoms with Gasteiger partial charge < -0.3 is 11.1 Å². The molecular weight excluding hydrogens is 322 g/mol. The van der Waals surface area contributed by atoms with Crippen LogP contribution in [-0.2, 0) is 6.42 Å². The van der Waals surface area contributed by atoms with Gasteiger partial charge in [-0.2, -0.15) is 10.2 Å². The Morgan fingerprint density at radius 2 is 2.04 bits per heavy atom. The van der Waals surface area contributed by atoms with Gasteiger partial charge in [0.15, 0.2) is 11.5 Å². The van der Waals surface area contributed by atoms with Crippen LogP contribution in [0.5, 0.6) is 0 Å². The first-order valence-electron chi connectivity index (χ1n) is 7.38. The van der Waals surface area contributed by atoms with Crippen molar-refractivity contribution in [2.24, 2.45) is 0 Å². The molecule has 0 atom stereocenters. The summed E-state index contributed by atoms with van der Waals surface area (Å²) in [7, 11) is 0. The third-order valence-corrected chi connectivity index (χ3v) is 3.23. The van der Waals surface area contributed by atoms with Gasteiger partial charge in [0.2, 0.25) is 5.82 Å². The second-order valence-corrected chi connectivity index (χ2v) is 4.89. The largest absolute Gasteiger partial charge is 0.382 e. The van der Waals surface area contributed by atoms with Crippen molar-refractivity contribution in [1.29, 1.82) is 0 Å². The summed E-state index contributed by atoms with van der Waals surface area (Å²) in [5, 5.41) is 10.7. The van der Waals surface area contributed by atoms with E-state index in [0.717, 1.165) is 5.69 Å². The van der Waals surface area contributed by atoms with Gasteiger partial charge in [-0.25, -0.2) is 9.97 Å². The van der Waals surface area contributed by atoms with E-state index in [1.165, 1.54) is 23.3 Å². The molecule has 0 unspecified atom stereocenters. The van der Waals surface area contributed by atoms with E-state index in [1.807, 2.05) is 0 Å². The third kappa shape index (κ3) is 3.63. The maximum atomic E-state index is 12.3. The maximum Gasteiger partial charge on any atom is 0.273 e. The van der Waals surface area contributed by atoms with Crippen molar-refractivity contribution < 1.29 is 4.79 Å². The molecule has 3 N–H and O–H groups in total. The molecule has 3 heterocycles. The second-order valence-electron chi connectivity index (χ2n) is 4.89. The molecule has 0 radical (unpaired) electrons. The van der Waals surface area contributed by atoms with E-state index in [4.69, 9.17) is 5.73 Å². The molecule has 25 heavy (non-hydrogen) atoms. The van der Waals surface area contributed by atoms with Crippen molar-refractivity contribution >= 4 is 17.8 Å². The highest BCUT2D eigenvalue weighted by Crippen LogP contribution is 2.15. The number of aromatic nitrogens is 7. The molecule has 0 fully saturated rings. The number of carbonyl (C=O) groups is 1. The zero-order valence-corrected chi connectivity index (χ0v) is 13.2. The minimum Gasteiger partial charge on any atom is -0.382 e. The van der Waals surface area contributed by atoms with Gasteiger partial charge in [0.05, 0.1) is 18.1 Å². The lowest BCUT2D eigenvalue weighted by atomic mass is 10.3. The van der Waals surface area contributed by atoms with Crippen molar-refractivity contribution in [3.05, 3.63) is 54.6 Å². The highest BCUT2D eigenvalue weighted by atomic mass is 16.1. The summed E-state index contributed by atoms with van der Waals surface area (Å²) in [6.45, 7) is 4.04. The molecule has 0 aliphatic heterocycles. The third-order valence-electron chi connectivity index (χ3n) is 3.23. The van der Waals surface area contributed by atoms with Crippen LogP contribution in [0.3, 0.4) is 0 Å². The van der Waals surface area contributed by atoms with E-state index < -0.39 is 5.91 Å². The highest BCUT2D eigenvalue weighted by Gasteiger charge is 2.18. The van der Waals surface area contributed by atoms with Crippen LogP contribution >= 0.6 is 0 Å². The van der Waals surface area contributed by atoms with E-state index >= 15 is 0 Å². The molecule has 1 amide bonds. The summed E-state index contributed by atoms with van der Waals surface area (Å²) < 4.78 is 0. The number of nitrogen functional groups attached to an aromatic ring is 1. The van der Waals surface area contributed by atoms with Crippen molar-refractivity contribution in [1.82, 2.24) is 40.2 Å². The van der Waals surface area contributed by atoms with Crippen LogP contribution in [0.2, 0.25) is 0 Å². The van der Waals surface area contributed by atoms with E-state index in [1.54, 1.807) is 18.6 Å². The van der Waals surface area contributed by atoms with Gasteiger partial charge in [0.1, 0.15) is 5.69 Å². The molecule has 0 aliphatic rings. The smallest absolute Gasteiger partial charge is 0.273 e. The lowest BCUT2D eigenvalue weighted by molar-refractivity contribution is 0.0949. The lowest BCUT2D eigenvalue weighted by Gasteiger charge is -2.09. The monoisotopic (exact) mass is 337 g/mol. The number of hydrogen-bond donors (Lipinski definition) is 2. The molecule has 10 nitrogen and oxygen atoms in total. The molecule has 0 aliphatic carbocycles. The average Bonchev–Trinajstić information content (AvgIpc) is 3.16. The van der Waals surface area contributed by atoms with Gasteiger partial charge >= 0.3 is 0 Å². The standard InChI is InChI=1S/C15H15N9O/c1-2-11-14(24-20-7-8-21-24)23-13(16)12(22-11)15(25)19-4-3-10-9-17-5-6-18-10/h2,5-9H,1,3-4H2,(H2,16,23)(H,19,25). The molecule has 0 aromatic carbocycles. The fourth-order valence-electron chi connectivity index (χ4n) is 2.08. The van der Waals surface area contributed by atoms with Gasteiger partial charge in [-0.15, -0.1) is 4.80 Å². The van der Waals surface area contributed by atoms with Gasteiger partial charge in [-0.05, 0) is 6.08 Å². The topological polar surface area (TPSA) is 137 Å². The van der Waals surface area contributed by atoms with Crippen LogP contribution in [-0.4, -0.2) is 47.4 Å². The molecule has 0 saturated heterocycles. The summed E-state index contributed by atoms with van der Waals surface area (Å²) in [4.78, 5) is 30.1. The van der Waals surface area contributed by atoms with E-state index in [2.05, 4.69) is 42.0 Å². The van der Waals surface area contributed by atoms with Gasteiger partial charge in [-0.3, -0.25) is 14.8 Å². The first kappa shape index (κ1) is 16.2. The van der Waals surface area contributed by atoms with Gasteiger partial charge in [-0.1, -0.05) is 6.58 Å². The van der Waals surface area contributed by atoms with Crippen LogP contribution in [0.4, 0.5) is 5.82 Å². The van der Waals surface area contributed by atoms with Gasteiger partial charge in [0.25, 0.3) is 5.91 Å². The first-order chi connectivity index (χ1) is 12.2. The summed E-state index contributed by atoms with van der Waals surface area (Å²) in [6, 6.07) is 0. The fourth-order valence-corrected chi connectivity index (χ4v) is 2.08. The molecule has 0 bridgehead atoms. The minimum absolute atomic E-state index is 0.0185. The molecule has 10 heteroatoms. The Morgan fingerprint density at radius 3 is 2.72 bits per heavy atom. The maximum absolute atomic E-state index is 12.3. The zero-order chi connectivity index (χ0) is 17.6. The quantitative estimate of drug-likeness (QED) is 0.643. The Hall–Kier alpha value is -3.69. The van der Waals surface area contributed by atoms with Crippen LogP contribution < -0.4 is 11.1 Å². The SMILES string of the molecule is C=Cc1nc(C(=O)NCCc2cnccn2)c(N)nc1-n1nccn1. The molecular formula is C15H15N9O. The number of carbonyl (C=O) groups excluding carboxylic acids is 1. The van der Waals surface area contributed by atoms with Crippen molar-refractivity contribution in [3.8, 4) is 5.82 Å². The zero-order valence-electron chi connectivity index (χ0n) is 13.2. The van der Waals surface area contributed by atoms with Crippen molar-refractivity contribution in [3.63, 3.8) is 0 Å². The number of nitrogens with two attached hydrogens (primary N) is 1. The Morgan fingerprint density at radius 1 is 1.24 bits per heavy atom. The Bertz CT molecular complexity index is 878. The van der Waals surface area contributed by atoms with Crippen molar-refractivity contribution in [2.75, 3.05) is 12.3 Å². The van der Waals surface area contributed by atoms with E-state index in [9.17, 15) is 4.79 Å². The second kappa shape index (κ2) is 7.25. The molecule has 0 saturated carbocycles. The van der Waals surface area contributed by atoms with Crippen LogP contribution in [0.15, 0.2) is 37.6 Å². The average molecular weight is 337 g/mol. The van der Waals surface area contributed by atoms with Gasteiger partial charge in [0, 0.05) is 31.6 Å². The lowest BCUT2D eigenvalue weighted by Crippen LogP contribution is -2.28. The molecule has 0 spiro atoms. The highest BCUT2D eigenvalue weighted by molar-refractivity contribution is 5.96. The number of hydrogen-bond acceptors (Lipinski definition) is 8. The fraction of sp³-hybridized carbons (Fsp3) is 0.133. The summed E-state index contributed by atoms with van der Waals surface area (Å²) in [5.74, 6) is -0.152. The molecule has 3 aromatic heterocycles.